The molecule has 2 aromatic heterocycles. The molecule has 2 aromatic carbocycles. The lowest BCUT2D eigenvalue weighted by Gasteiger charge is -2.15. The number of benzene rings is 2. The Labute approximate surface area is 217 Å². The van der Waals surface area contributed by atoms with Crippen molar-refractivity contribution in [1.29, 1.82) is 0 Å². The van der Waals surface area contributed by atoms with Gasteiger partial charge in [-0.05, 0) is 30.7 Å². The van der Waals surface area contributed by atoms with Crippen molar-refractivity contribution >= 4 is 46.7 Å². The number of anilines is 2. The van der Waals surface area contributed by atoms with Gasteiger partial charge >= 0.3 is 5.97 Å². The molecular formula is C26H21Cl2N5O3. The minimum atomic E-state index is -1.05. The number of carbonyl (C=O) groups is 2. The highest BCUT2D eigenvalue weighted by molar-refractivity contribution is 6.39. The molecule has 0 saturated carbocycles. The standard InChI is InChI=1S/C26H21Cl2N5O3/c1-15-2-6-17(7-3-15)21-10-11-30-26(31-21)32-22(25(35)36)12-16-4-8-18(9-5-16)24(34)33-23-19(27)13-29-14-20(23)28/h2-11,13-14,22H,12H2,1H3,(H,35,36)(H,29,33,34)(H,30,31,32). The number of amides is 1. The number of pyridine rings is 1. The first kappa shape index (κ1) is 25.1. The lowest BCUT2D eigenvalue weighted by atomic mass is 10.0. The van der Waals surface area contributed by atoms with Crippen LogP contribution in [0.5, 0.6) is 0 Å². The molecule has 0 saturated heterocycles. The molecule has 4 aromatic rings. The molecule has 0 aliphatic heterocycles. The fraction of sp³-hybridized carbons (Fsp3) is 0.115. The first-order valence-corrected chi connectivity index (χ1v) is 11.6. The molecule has 1 atom stereocenters. The molecule has 0 aliphatic rings. The molecule has 0 aliphatic carbocycles. The van der Waals surface area contributed by atoms with E-state index in [4.69, 9.17) is 23.2 Å². The molecule has 3 N–H and O–H groups in total. The summed E-state index contributed by atoms with van der Waals surface area (Å²) in [6, 6.07) is 15.2. The molecule has 4 rings (SSSR count). The van der Waals surface area contributed by atoms with Crippen molar-refractivity contribution in [3.8, 4) is 11.3 Å². The molecule has 0 fully saturated rings. The van der Waals surface area contributed by atoms with Gasteiger partial charge in [0.25, 0.3) is 5.91 Å². The fourth-order valence-corrected chi connectivity index (χ4v) is 3.87. The fourth-order valence-electron chi connectivity index (χ4n) is 3.41. The van der Waals surface area contributed by atoms with E-state index < -0.39 is 17.9 Å². The van der Waals surface area contributed by atoms with Crippen LogP contribution < -0.4 is 10.6 Å². The predicted molar refractivity (Wildman–Crippen MR) is 140 cm³/mol. The monoisotopic (exact) mass is 521 g/mol. The van der Waals surface area contributed by atoms with Gasteiger partial charge in [-0.1, -0.05) is 65.2 Å². The maximum Gasteiger partial charge on any atom is 0.326 e. The van der Waals surface area contributed by atoms with Gasteiger partial charge in [-0.3, -0.25) is 9.78 Å². The Balaban J connectivity index is 1.45. The summed E-state index contributed by atoms with van der Waals surface area (Å²) >= 11 is 12.1. The van der Waals surface area contributed by atoms with Gasteiger partial charge < -0.3 is 15.7 Å². The summed E-state index contributed by atoms with van der Waals surface area (Å²) in [7, 11) is 0. The Morgan fingerprint density at radius 3 is 2.28 bits per heavy atom. The van der Waals surface area contributed by atoms with Crippen molar-refractivity contribution in [2.45, 2.75) is 19.4 Å². The number of nitrogens with one attached hydrogen (secondary N) is 2. The van der Waals surface area contributed by atoms with Crippen LogP contribution in [0.2, 0.25) is 10.0 Å². The summed E-state index contributed by atoms with van der Waals surface area (Å²) in [5.74, 6) is -1.25. The first-order chi connectivity index (χ1) is 17.3. The van der Waals surface area contributed by atoms with Crippen molar-refractivity contribution < 1.29 is 14.7 Å². The van der Waals surface area contributed by atoms with Crippen molar-refractivity contribution in [3.63, 3.8) is 0 Å². The van der Waals surface area contributed by atoms with E-state index in [1.165, 1.54) is 12.4 Å². The molecule has 0 spiro atoms. The van der Waals surface area contributed by atoms with E-state index in [1.54, 1.807) is 36.5 Å². The number of carboxylic acid groups (broad SMARTS) is 1. The van der Waals surface area contributed by atoms with Crippen molar-refractivity contribution in [2.75, 3.05) is 10.6 Å². The highest BCUT2D eigenvalue weighted by Gasteiger charge is 2.20. The Morgan fingerprint density at radius 2 is 1.64 bits per heavy atom. The lowest BCUT2D eigenvalue weighted by Crippen LogP contribution is -2.32. The molecule has 10 heteroatoms. The zero-order chi connectivity index (χ0) is 25.7. The van der Waals surface area contributed by atoms with Crippen LogP contribution in [0.15, 0.2) is 73.2 Å². The number of halogens is 2. The largest absolute Gasteiger partial charge is 0.480 e. The number of nitrogens with zero attached hydrogens (tertiary/aromatic N) is 3. The second-order valence-corrected chi connectivity index (χ2v) is 8.81. The van der Waals surface area contributed by atoms with E-state index in [2.05, 4.69) is 25.6 Å². The zero-order valence-corrected chi connectivity index (χ0v) is 20.6. The third kappa shape index (κ3) is 6.16. The average molecular weight is 522 g/mol. The molecule has 0 radical (unpaired) electrons. The van der Waals surface area contributed by atoms with Gasteiger partial charge in [-0.25, -0.2) is 14.8 Å². The Morgan fingerprint density at radius 1 is 0.972 bits per heavy atom. The third-order valence-corrected chi connectivity index (χ3v) is 5.93. The zero-order valence-electron chi connectivity index (χ0n) is 19.1. The third-order valence-electron chi connectivity index (χ3n) is 5.35. The quantitative estimate of drug-likeness (QED) is 0.279. The second-order valence-electron chi connectivity index (χ2n) is 8.00. The number of rotatable bonds is 8. The van der Waals surface area contributed by atoms with Crippen molar-refractivity contribution in [1.82, 2.24) is 15.0 Å². The number of hydrogen-bond acceptors (Lipinski definition) is 6. The highest BCUT2D eigenvalue weighted by Crippen LogP contribution is 2.29. The van der Waals surface area contributed by atoms with E-state index in [0.29, 0.717) is 16.8 Å². The van der Waals surface area contributed by atoms with Crippen LogP contribution in [0.3, 0.4) is 0 Å². The Kier molecular flexibility index (Phi) is 7.77. The molecule has 8 nitrogen and oxygen atoms in total. The summed E-state index contributed by atoms with van der Waals surface area (Å²) < 4.78 is 0. The van der Waals surface area contributed by atoms with Crippen LogP contribution in [0.25, 0.3) is 11.3 Å². The molecule has 0 bridgehead atoms. The maximum atomic E-state index is 12.6. The van der Waals surface area contributed by atoms with Crippen molar-refractivity contribution in [2.24, 2.45) is 0 Å². The van der Waals surface area contributed by atoms with Crippen LogP contribution >= 0.6 is 23.2 Å². The van der Waals surface area contributed by atoms with Crippen LogP contribution in [0.1, 0.15) is 21.5 Å². The molecule has 1 amide bonds. The number of aliphatic carboxylic acids is 1. The molecule has 182 valence electrons. The summed E-state index contributed by atoms with van der Waals surface area (Å²) in [5, 5.41) is 15.8. The predicted octanol–water partition coefficient (Wildman–Crippen LogP) is 5.51. The minimum Gasteiger partial charge on any atom is -0.480 e. The van der Waals surface area contributed by atoms with Crippen LogP contribution in [-0.2, 0) is 11.2 Å². The summed E-state index contributed by atoms with van der Waals surface area (Å²) in [5.41, 5.74) is 4.05. The van der Waals surface area contributed by atoms with Gasteiger partial charge in [0, 0.05) is 36.1 Å². The number of carboxylic acids is 1. The molecular weight excluding hydrogens is 501 g/mol. The van der Waals surface area contributed by atoms with Gasteiger partial charge in [0.1, 0.15) is 6.04 Å². The van der Waals surface area contributed by atoms with Gasteiger partial charge in [0.05, 0.1) is 21.4 Å². The summed E-state index contributed by atoms with van der Waals surface area (Å²) in [6.07, 6.45) is 4.49. The van der Waals surface area contributed by atoms with Crippen LogP contribution in [0, 0.1) is 6.92 Å². The first-order valence-electron chi connectivity index (χ1n) is 10.9. The minimum absolute atomic E-state index is 0.150. The molecule has 2 heterocycles. The van der Waals surface area contributed by atoms with Crippen molar-refractivity contribution in [3.05, 3.63) is 99.9 Å². The van der Waals surface area contributed by atoms with E-state index in [9.17, 15) is 14.7 Å². The average Bonchev–Trinajstić information content (AvgIpc) is 2.87. The highest BCUT2D eigenvalue weighted by atomic mass is 35.5. The Hall–Kier alpha value is -4.01. The lowest BCUT2D eigenvalue weighted by molar-refractivity contribution is -0.137. The van der Waals surface area contributed by atoms with Gasteiger partial charge in [-0.15, -0.1) is 0 Å². The van der Waals surface area contributed by atoms with E-state index in [0.717, 1.165) is 11.1 Å². The number of aromatic nitrogens is 3. The topological polar surface area (TPSA) is 117 Å². The maximum absolute atomic E-state index is 12.6. The molecule has 1 unspecified atom stereocenters. The number of hydrogen-bond donors (Lipinski definition) is 3. The normalized spacial score (nSPS) is 11.5. The van der Waals surface area contributed by atoms with E-state index in [1.807, 2.05) is 31.2 Å². The second kappa shape index (κ2) is 11.2. The van der Waals surface area contributed by atoms with Crippen LogP contribution in [0.4, 0.5) is 11.6 Å². The van der Waals surface area contributed by atoms with Gasteiger partial charge in [0.15, 0.2) is 0 Å². The van der Waals surface area contributed by atoms with E-state index in [-0.39, 0.29) is 28.1 Å². The Bertz CT molecular complexity index is 1380. The SMILES string of the molecule is Cc1ccc(-c2ccnc(NC(Cc3ccc(C(=O)Nc4c(Cl)cncc4Cl)cc3)C(=O)O)n2)cc1. The van der Waals surface area contributed by atoms with E-state index >= 15 is 0 Å². The summed E-state index contributed by atoms with van der Waals surface area (Å²) in [6.45, 7) is 2.00. The number of aryl methyl sites for hydroxylation is 1. The summed E-state index contributed by atoms with van der Waals surface area (Å²) in [4.78, 5) is 37.0. The number of carbonyl (C=O) groups excluding carboxylic acids is 1. The molecule has 36 heavy (non-hydrogen) atoms. The van der Waals surface area contributed by atoms with Gasteiger partial charge in [-0.2, -0.15) is 0 Å². The van der Waals surface area contributed by atoms with Gasteiger partial charge in [0.2, 0.25) is 5.95 Å². The smallest absolute Gasteiger partial charge is 0.326 e. The van der Waals surface area contributed by atoms with Crippen LogP contribution in [-0.4, -0.2) is 38.0 Å².